The zero-order valence-electron chi connectivity index (χ0n) is 18.9. The SMILES string of the molecule is CC(=O)[C@H]1[C@H](O)C[C@@H]2[C@H]3CC=C4C[C@H](OC(=O)CCC(=O)O)CC[C@]4(C)[C@@H]3CC[C@]21C. The normalized spacial score (nSPS) is 43.8. The van der Waals surface area contributed by atoms with E-state index in [-0.39, 0.29) is 41.5 Å². The molecule has 4 aliphatic rings. The van der Waals surface area contributed by atoms with Crippen LogP contribution in [0, 0.1) is 34.5 Å². The van der Waals surface area contributed by atoms with E-state index in [1.165, 1.54) is 5.57 Å². The lowest BCUT2D eigenvalue weighted by atomic mass is 9.47. The summed E-state index contributed by atoms with van der Waals surface area (Å²) in [5.74, 6) is -0.127. The summed E-state index contributed by atoms with van der Waals surface area (Å²) < 4.78 is 5.60. The van der Waals surface area contributed by atoms with Crippen molar-refractivity contribution >= 4 is 17.7 Å². The number of fused-ring (bicyclic) bond motifs is 5. The number of rotatable bonds is 5. The third kappa shape index (κ3) is 3.75. The van der Waals surface area contributed by atoms with Crippen LogP contribution in [0.25, 0.3) is 0 Å². The van der Waals surface area contributed by atoms with Crippen molar-refractivity contribution in [1.82, 2.24) is 0 Å². The number of aliphatic carboxylic acids is 1. The first-order chi connectivity index (χ1) is 14.6. The second-order valence-electron chi connectivity index (χ2n) is 10.9. The van der Waals surface area contributed by atoms with Crippen LogP contribution in [0.1, 0.15) is 78.6 Å². The van der Waals surface area contributed by atoms with Gasteiger partial charge in [-0.15, -0.1) is 0 Å². The number of carboxylic acid groups (broad SMARTS) is 1. The number of hydrogen-bond donors (Lipinski definition) is 2. The van der Waals surface area contributed by atoms with Gasteiger partial charge >= 0.3 is 11.9 Å². The second-order valence-corrected chi connectivity index (χ2v) is 10.9. The van der Waals surface area contributed by atoms with Crippen LogP contribution in [0.3, 0.4) is 0 Å². The Balaban J connectivity index is 1.48. The Hall–Kier alpha value is -1.69. The summed E-state index contributed by atoms with van der Waals surface area (Å²) in [4.78, 5) is 35.0. The van der Waals surface area contributed by atoms with Crippen molar-refractivity contribution in [3.8, 4) is 0 Å². The fourth-order valence-electron chi connectivity index (χ4n) is 7.93. The average Bonchev–Trinajstić information content (AvgIpc) is 2.96. The molecule has 4 rings (SSSR count). The fourth-order valence-corrected chi connectivity index (χ4v) is 7.93. The molecule has 0 aromatic heterocycles. The van der Waals surface area contributed by atoms with E-state index in [2.05, 4.69) is 19.9 Å². The Labute approximate surface area is 184 Å². The smallest absolute Gasteiger partial charge is 0.306 e. The van der Waals surface area contributed by atoms with E-state index in [0.717, 1.165) is 44.9 Å². The number of carbonyl (C=O) groups is 3. The first-order valence-electron chi connectivity index (χ1n) is 11.9. The monoisotopic (exact) mass is 432 g/mol. The van der Waals surface area contributed by atoms with E-state index in [1.54, 1.807) is 6.92 Å². The third-order valence-electron chi connectivity index (χ3n) is 9.37. The predicted octanol–water partition coefficient (Wildman–Crippen LogP) is 3.90. The number of ketones is 1. The fraction of sp³-hybridized carbons (Fsp3) is 0.800. The summed E-state index contributed by atoms with van der Waals surface area (Å²) in [7, 11) is 0. The van der Waals surface area contributed by atoms with E-state index in [0.29, 0.717) is 17.8 Å². The summed E-state index contributed by atoms with van der Waals surface area (Å²) >= 11 is 0. The number of allylic oxidation sites excluding steroid dienone is 1. The molecule has 4 aliphatic carbocycles. The van der Waals surface area contributed by atoms with Gasteiger partial charge in [0.1, 0.15) is 11.9 Å². The first kappa shape index (κ1) is 22.5. The van der Waals surface area contributed by atoms with E-state index >= 15 is 0 Å². The van der Waals surface area contributed by atoms with Crippen molar-refractivity contribution in [2.75, 3.05) is 0 Å². The van der Waals surface area contributed by atoms with E-state index < -0.39 is 18.0 Å². The molecular formula is C25H36O6. The maximum absolute atomic E-state index is 12.3. The van der Waals surface area contributed by atoms with Gasteiger partial charge in [-0.05, 0) is 74.0 Å². The van der Waals surface area contributed by atoms with Crippen molar-refractivity contribution in [2.45, 2.75) is 90.8 Å². The standard InChI is InChI=1S/C25H36O6/c1-14(26)23-20(27)13-19-17-5-4-15-12-16(31-22(30)7-6-21(28)29)8-10-24(15,2)18(17)9-11-25(19,23)3/h4,16-20,23,27H,5-13H2,1-3H3,(H,28,29)/t16-,17+,18-,19-,20-,23+,24+,25-/m1/s1. The molecule has 172 valence electrons. The molecule has 0 radical (unpaired) electrons. The highest BCUT2D eigenvalue weighted by atomic mass is 16.5. The molecule has 0 aromatic rings. The summed E-state index contributed by atoms with van der Waals surface area (Å²) in [6, 6.07) is 0. The Morgan fingerprint density at radius 2 is 1.87 bits per heavy atom. The van der Waals surface area contributed by atoms with Crippen LogP contribution in [0.4, 0.5) is 0 Å². The van der Waals surface area contributed by atoms with E-state index in [9.17, 15) is 19.5 Å². The molecule has 31 heavy (non-hydrogen) atoms. The first-order valence-corrected chi connectivity index (χ1v) is 11.9. The van der Waals surface area contributed by atoms with Crippen molar-refractivity contribution in [3.05, 3.63) is 11.6 Å². The minimum atomic E-state index is -0.984. The van der Waals surface area contributed by atoms with Crippen LogP contribution in [-0.4, -0.2) is 40.1 Å². The largest absolute Gasteiger partial charge is 0.481 e. The van der Waals surface area contributed by atoms with Gasteiger partial charge in [0.05, 0.1) is 18.9 Å². The van der Waals surface area contributed by atoms with Crippen LogP contribution in [-0.2, 0) is 19.1 Å². The molecule has 0 saturated heterocycles. The van der Waals surface area contributed by atoms with Gasteiger partial charge in [0.25, 0.3) is 0 Å². The number of esters is 1. The highest BCUT2D eigenvalue weighted by Gasteiger charge is 2.62. The highest BCUT2D eigenvalue weighted by Crippen LogP contribution is 2.66. The molecule has 0 bridgehead atoms. The molecule has 0 aromatic carbocycles. The number of aliphatic hydroxyl groups is 1. The van der Waals surface area contributed by atoms with Crippen molar-refractivity contribution in [1.29, 1.82) is 0 Å². The van der Waals surface area contributed by atoms with Gasteiger partial charge < -0.3 is 14.9 Å². The number of carbonyl (C=O) groups excluding carboxylic acids is 2. The summed E-state index contributed by atoms with van der Waals surface area (Å²) in [5, 5.41) is 19.5. The number of carboxylic acids is 1. The Bertz CT molecular complexity index is 802. The van der Waals surface area contributed by atoms with Gasteiger partial charge in [0, 0.05) is 12.3 Å². The van der Waals surface area contributed by atoms with E-state index in [4.69, 9.17) is 9.84 Å². The van der Waals surface area contributed by atoms with Crippen LogP contribution >= 0.6 is 0 Å². The Morgan fingerprint density at radius 1 is 1.13 bits per heavy atom. The molecule has 0 aliphatic heterocycles. The third-order valence-corrected chi connectivity index (χ3v) is 9.37. The van der Waals surface area contributed by atoms with Gasteiger partial charge in [0.15, 0.2) is 0 Å². The van der Waals surface area contributed by atoms with Crippen LogP contribution in [0.2, 0.25) is 0 Å². The lowest BCUT2D eigenvalue weighted by Gasteiger charge is -2.57. The molecule has 0 spiro atoms. The molecule has 0 amide bonds. The molecule has 8 atom stereocenters. The van der Waals surface area contributed by atoms with E-state index in [1.807, 2.05) is 0 Å². The minimum absolute atomic E-state index is 0.0766. The molecule has 2 N–H and O–H groups in total. The summed E-state index contributed by atoms with van der Waals surface area (Å²) in [6.45, 7) is 6.21. The number of hydrogen-bond acceptors (Lipinski definition) is 5. The van der Waals surface area contributed by atoms with Crippen LogP contribution < -0.4 is 0 Å². The van der Waals surface area contributed by atoms with Crippen LogP contribution in [0.5, 0.6) is 0 Å². The topological polar surface area (TPSA) is 101 Å². The zero-order valence-corrected chi connectivity index (χ0v) is 18.9. The molecule has 0 unspecified atom stereocenters. The summed E-state index contributed by atoms with van der Waals surface area (Å²) in [6.07, 6.45) is 7.63. The molecule has 3 fully saturated rings. The summed E-state index contributed by atoms with van der Waals surface area (Å²) in [5.41, 5.74) is 1.35. The number of Topliss-reactive ketones (excluding diaryl/α,β-unsaturated/α-hetero) is 1. The van der Waals surface area contributed by atoms with Crippen molar-refractivity contribution in [2.24, 2.45) is 34.5 Å². The lowest BCUT2D eigenvalue weighted by Crippen LogP contribution is -2.51. The van der Waals surface area contributed by atoms with Gasteiger partial charge in [0.2, 0.25) is 0 Å². The predicted molar refractivity (Wildman–Crippen MR) is 114 cm³/mol. The maximum atomic E-state index is 12.3. The van der Waals surface area contributed by atoms with Gasteiger partial charge in [-0.25, -0.2) is 0 Å². The average molecular weight is 433 g/mol. The highest BCUT2D eigenvalue weighted by molar-refractivity contribution is 5.80. The van der Waals surface area contributed by atoms with Crippen molar-refractivity contribution < 1.29 is 29.3 Å². The molecule has 6 nitrogen and oxygen atoms in total. The quantitative estimate of drug-likeness (QED) is 0.505. The maximum Gasteiger partial charge on any atom is 0.306 e. The lowest BCUT2D eigenvalue weighted by molar-refractivity contribution is -0.154. The molecular weight excluding hydrogens is 396 g/mol. The van der Waals surface area contributed by atoms with Crippen LogP contribution in [0.15, 0.2) is 11.6 Å². The van der Waals surface area contributed by atoms with Crippen molar-refractivity contribution in [3.63, 3.8) is 0 Å². The minimum Gasteiger partial charge on any atom is -0.481 e. The Morgan fingerprint density at radius 3 is 2.55 bits per heavy atom. The Kier molecular flexibility index (Phi) is 5.82. The van der Waals surface area contributed by atoms with Gasteiger partial charge in [-0.2, -0.15) is 0 Å². The van der Waals surface area contributed by atoms with Gasteiger partial charge in [-0.3, -0.25) is 14.4 Å². The second kappa shape index (κ2) is 8.02. The van der Waals surface area contributed by atoms with Gasteiger partial charge in [-0.1, -0.05) is 25.5 Å². The zero-order chi connectivity index (χ0) is 22.6. The molecule has 0 heterocycles. The number of aliphatic hydroxyl groups excluding tert-OH is 1. The molecule has 6 heteroatoms. The molecule has 3 saturated carbocycles. The number of ether oxygens (including phenoxy) is 1.